The predicted octanol–water partition coefficient (Wildman–Crippen LogP) is 9.55. The van der Waals surface area contributed by atoms with Crippen molar-refractivity contribution in [1.29, 1.82) is 0 Å². The number of aromatic amines is 1. The maximum atomic E-state index is 14.6. The maximum absolute atomic E-state index is 14.6. The van der Waals surface area contributed by atoms with Crippen LogP contribution in [0.2, 0.25) is 10.0 Å². The van der Waals surface area contributed by atoms with Crippen LogP contribution in [0.1, 0.15) is 81.5 Å². The highest BCUT2D eigenvalue weighted by molar-refractivity contribution is 6.45. The molecule has 2 fully saturated rings. The summed E-state index contributed by atoms with van der Waals surface area (Å²) in [5, 5.41) is 1.29. The average molecular weight is 540 g/mol. The lowest BCUT2D eigenvalue weighted by Crippen LogP contribution is -2.16. The minimum absolute atomic E-state index is 0.138. The lowest BCUT2D eigenvalue weighted by molar-refractivity contribution is 0.436. The lowest BCUT2D eigenvalue weighted by Gasteiger charge is -2.21. The second-order valence-electron chi connectivity index (χ2n) is 9.59. The number of H-pyrrole nitrogens is 1. The molecule has 1 aliphatic heterocycles. The highest BCUT2D eigenvalue weighted by Gasteiger charge is 2.31. The summed E-state index contributed by atoms with van der Waals surface area (Å²) in [6, 6.07) is 3.17. The van der Waals surface area contributed by atoms with Crippen LogP contribution in [0, 0.1) is 17.6 Å². The number of nitrogens with one attached hydrogen (secondary N) is 1. The van der Waals surface area contributed by atoms with Gasteiger partial charge in [-0.25, -0.2) is 13.8 Å². The summed E-state index contributed by atoms with van der Waals surface area (Å²) in [7, 11) is 0. The molecule has 0 saturated heterocycles. The summed E-state index contributed by atoms with van der Waals surface area (Å²) < 4.78 is 34.2. The Hall–Kier alpha value is -1.82. The van der Waals surface area contributed by atoms with E-state index in [1.165, 1.54) is 18.9 Å². The van der Waals surface area contributed by atoms with Gasteiger partial charge in [-0.15, -0.1) is 0 Å². The Morgan fingerprint density at radius 1 is 0.886 bits per heavy atom. The van der Waals surface area contributed by atoms with E-state index in [1.807, 2.05) is 0 Å². The Bertz CT molecular complexity index is 1210. The summed E-state index contributed by atoms with van der Waals surface area (Å²) in [6.07, 6.45) is 12.8. The molecule has 2 saturated carbocycles. The Labute approximate surface area is 219 Å². The lowest BCUT2D eigenvalue weighted by atomic mass is 9.86. The average Bonchev–Trinajstić information content (AvgIpc) is 3.39. The summed E-state index contributed by atoms with van der Waals surface area (Å²) in [5.41, 5.74) is 2.54. The van der Waals surface area contributed by atoms with Crippen LogP contribution in [0.4, 0.5) is 8.78 Å². The van der Waals surface area contributed by atoms with Gasteiger partial charge in [0.25, 0.3) is 0 Å². The smallest absolute Gasteiger partial charge is 0.178 e. The van der Waals surface area contributed by atoms with Crippen molar-refractivity contribution in [3.8, 4) is 5.75 Å². The second-order valence-corrected chi connectivity index (χ2v) is 10.8. The largest absolute Gasteiger partial charge is 0.450 e. The van der Waals surface area contributed by atoms with Crippen molar-refractivity contribution in [3.63, 3.8) is 0 Å². The van der Waals surface area contributed by atoms with Gasteiger partial charge in [0, 0.05) is 23.6 Å². The van der Waals surface area contributed by atoms with E-state index in [0.717, 1.165) is 74.9 Å². The van der Waals surface area contributed by atoms with E-state index in [4.69, 9.17) is 44.5 Å². The third-order valence-corrected chi connectivity index (χ3v) is 8.40. The van der Waals surface area contributed by atoms with Crippen LogP contribution in [0.3, 0.4) is 0 Å². The fourth-order valence-corrected chi connectivity index (χ4v) is 6.22. The molecule has 0 radical (unpaired) electrons. The fraction of sp³-hybridized carbons (Fsp3) is 0.444. The van der Waals surface area contributed by atoms with E-state index < -0.39 is 11.6 Å². The standard InChI is InChI=1S/C27H27Cl3F2N2O/c28-18-14-20(33-24(18)15-7-3-1-4-8-15)27(35-21-12-11-17(31)13-19(21)32)26-23(30)22(29)25(34-26)16-9-5-2-6-10-16/h11-16,34H,1-10H2. The number of aliphatic imine (C=N–C) groups is 1. The van der Waals surface area contributed by atoms with E-state index >= 15 is 0 Å². The Balaban J connectivity index is 1.60. The second kappa shape index (κ2) is 10.7. The first-order valence-electron chi connectivity index (χ1n) is 12.3. The molecule has 35 heavy (non-hydrogen) atoms. The summed E-state index contributed by atoms with van der Waals surface area (Å²) >= 11 is 20.1. The first-order valence-corrected chi connectivity index (χ1v) is 13.5. The van der Waals surface area contributed by atoms with Crippen molar-refractivity contribution in [1.82, 2.24) is 4.98 Å². The van der Waals surface area contributed by atoms with Crippen LogP contribution >= 0.6 is 34.8 Å². The van der Waals surface area contributed by atoms with E-state index in [0.29, 0.717) is 26.5 Å². The molecule has 2 aliphatic carbocycles. The normalized spacial score (nSPS) is 21.2. The SMILES string of the molecule is Fc1ccc(OC(=C2C=C(Cl)C(C3CCCCC3)=N2)c2[nH]c(C3CCCCC3)c(Cl)c2Cl)c(F)c1. The van der Waals surface area contributed by atoms with E-state index in [1.54, 1.807) is 6.08 Å². The first kappa shape index (κ1) is 24.9. The quantitative estimate of drug-likeness (QED) is 0.377. The number of halogens is 5. The number of nitrogens with zero attached hydrogens (tertiary/aromatic N) is 1. The number of allylic oxidation sites excluding steroid dienone is 2. The number of benzene rings is 1. The van der Waals surface area contributed by atoms with Gasteiger partial charge in [-0.05, 0) is 43.9 Å². The Morgan fingerprint density at radius 2 is 1.54 bits per heavy atom. The Kier molecular flexibility index (Phi) is 7.57. The first-order chi connectivity index (χ1) is 16.9. The molecule has 2 heterocycles. The van der Waals surface area contributed by atoms with Gasteiger partial charge in [0.15, 0.2) is 17.3 Å². The zero-order valence-corrected chi connectivity index (χ0v) is 21.5. The van der Waals surface area contributed by atoms with Crippen LogP contribution in [0.15, 0.2) is 40.0 Å². The van der Waals surface area contributed by atoms with Crippen molar-refractivity contribution in [2.24, 2.45) is 10.9 Å². The van der Waals surface area contributed by atoms with Crippen molar-refractivity contribution in [2.75, 3.05) is 0 Å². The summed E-state index contributed by atoms with van der Waals surface area (Å²) in [6.45, 7) is 0. The molecule has 186 valence electrons. The molecule has 0 atom stereocenters. The number of ether oxygens (including phenoxy) is 1. The molecule has 0 spiro atoms. The molecule has 2 aromatic rings. The van der Waals surface area contributed by atoms with Crippen molar-refractivity contribution >= 4 is 46.3 Å². The highest BCUT2D eigenvalue weighted by Crippen LogP contribution is 2.44. The fourth-order valence-electron chi connectivity index (χ4n) is 5.39. The third-order valence-electron chi connectivity index (χ3n) is 7.23. The highest BCUT2D eigenvalue weighted by atomic mass is 35.5. The molecular formula is C27H27Cl3F2N2O. The van der Waals surface area contributed by atoms with Gasteiger partial charge in [0.05, 0.1) is 20.8 Å². The van der Waals surface area contributed by atoms with Gasteiger partial charge in [0.2, 0.25) is 0 Å². The van der Waals surface area contributed by atoms with Crippen LogP contribution in [0.5, 0.6) is 5.75 Å². The molecule has 1 aromatic carbocycles. The van der Waals surface area contributed by atoms with E-state index in [2.05, 4.69) is 4.98 Å². The molecule has 1 aromatic heterocycles. The molecular weight excluding hydrogens is 513 g/mol. The molecule has 0 amide bonds. The summed E-state index contributed by atoms with van der Waals surface area (Å²) in [5.74, 6) is -0.899. The Morgan fingerprint density at radius 3 is 2.20 bits per heavy atom. The van der Waals surface area contributed by atoms with E-state index in [9.17, 15) is 8.78 Å². The summed E-state index contributed by atoms with van der Waals surface area (Å²) in [4.78, 5) is 8.21. The van der Waals surface area contributed by atoms with Crippen molar-refractivity contribution in [2.45, 2.75) is 70.1 Å². The monoisotopic (exact) mass is 538 g/mol. The van der Waals surface area contributed by atoms with Crippen molar-refractivity contribution < 1.29 is 13.5 Å². The minimum Gasteiger partial charge on any atom is -0.450 e. The topological polar surface area (TPSA) is 37.4 Å². The number of hydrogen-bond donors (Lipinski definition) is 1. The molecule has 1 N–H and O–H groups in total. The zero-order valence-electron chi connectivity index (χ0n) is 19.3. The van der Waals surface area contributed by atoms with E-state index in [-0.39, 0.29) is 23.3 Å². The number of aromatic nitrogens is 1. The number of rotatable bonds is 5. The van der Waals surface area contributed by atoms with Crippen LogP contribution < -0.4 is 4.74 Å². The van der Waals surface area contributed by atoms with Crippen LogP contribution in [0.25, 0.3) is 5.76 Å². The van der Waals surface area contributed by atoms with Gasteiger partial charge in [-0.2, -0.15) is 0 Å². The molecule has 8 heteroatoms. The van der Waals surface area contributed by atoms with Gasteiger partial charge >= 0.3 is 0 Å². The molecule has 0 bridgehead atoms. The van der Waals surface area contributed by atoms with Gasteiger partial charge in [-0.1, -0.05) is 73.3 Å². The minimum atomic E-state index is -0.825. The zero-order chi connectivity index (χ0) is 24.5. The van der Waals surface area contributed by atoms with Gasteiger partial charge < -0.3 is 9.72 Å². The maximum Gasteiger partial charge on any atom is 0.178 e. The molecule has 3 aliphatic rings. The molecule has 3 nitrogen and oxygen atoms in total. The predicted molar refractivity (Wildman–Crippen MR) is 138 cm³/mol. The molecule has 5 rings (SSSR count). The third kappa shape index (κ3) is 5.19. The van der Waals surface area contributed by atoms with Crippen molar-refractivity contribution in [3.05, 3.63) is 68.1 Å². The molecule has 0 unspecified atom stereocenters. The van der Waals surface area contributed by atoms with Gasteiger partial charge in [-0.3, -0.25) is 0 Å². The van der Waals surface area contributed by atoms with Gasteiger partial charge in [0.1, 0.15) is 17.2 Å². The van der Waals surface area contributed by atoms with Crippen LogP contribution in [-0.4, -0.2) is 10.7 Å². The van der Waals surface area contributed by atoms with Crippen LogP contribution in [-0.2, 0) is 0 Å². The number of hydrogen-bond acceptors (Lipinski definition) is 2.